The Morgan fingerprint density at radius 1 is 1.35 bits per heavy atom. The molecule has 1 aliphatic heterocycles. The normalized spacial score (nSPS) is 19.0. The summed E-state index contributed by atoms with van der Waals surface area (Å²) in [4.78, 5) is 2.34. The van der Waals surface area contributed by atoms with E-state index < -0.39 is 0 Å². The van der Waals surface area contributed by atoms with Crippen LogP contribution >= 0.6 is 0 Å². The Labute approximate surface area is 102 Å². The first kappa shape index (κ1) is 12.3. The first-order valence-electron chi connectivity index (χ1n) is 6.00. The summed E-state index contributed by atoms with van der Waals surface area (Å²) in [7, 11) is 1.63. The second-order valence-corrected chi connectivity index (χ2v) is 4.35. The molecule has 0 amide bonds. The Balaban J connectivity index is 2.21. The smallest absolute Gasteiger partial charge is 0.123 e. The zero-order valence-corrected chi connectivity index (χ0v) is 10.4. The van der Waals surface area contributed by atoms with Crippen molar-refractivity contribution in [2.45, 2.75) is 13.0 Å². The molecule has 2 rings (SSSR count). The van der Waals surface area contributed by atoms with E-state index in [4.69, 9.17) is 4.74 Å². The van der Waals surface area contributed by atoms with Gasteiger partial charge >= 0.3 is 0 Å². The number of hydrogen-bond donors (Lipinski definition) is 1. The summed E-state index contributed by atoms with van der Waals surface area (Å²) in [5, 5.41) is 3.31. The summed E-state index contributed by atoms with van der Waals surface area (Å²) in [6, 6.07) is 4.89. The molecule has 1 fully saturated rings. The SMILES string of the molecule is COc1ccc(F)cc1C(C)N1CCNCC1. The van der Waals surface area contributed by atoms with Crippen LogP contribution in [0.15, 0.2) is 18.2 Å². The molecule has 1 saturated heterocycles. The van der Waals surface area contributed by atoms with Gasteiger partial charge in [0.2, 0.25) is 0 Å². The number of benzene rings is 1. The third kappa shape index (κ3) is 2.76. The first-order chi connectivity index (χ1) is 8.22. The lowest BCUT2D eigenvalue weighted by molar-refractivity contribution is 0.182. The summed E-state index contributed by atoms with van der Waals surface area (Å²) < 4.78 is 18.6. The average Bonchev–Trinajstić information content (AvgIpc) is 2.39. The number of rotatable bonds is 3. The van der Waals surface area contributed by atoms with Crippen LogP contribution in [0.2, 0.25) is 0 Å². The fourth-order valence-electron chi connectivity index (χ4n) is 2.30. The number of nitrogens with one attached hydrogen (secondary N) is 1. The largest absolute Gasteiger partial charge is 0.496 e. The summed E-state index contributed by atoms with van der Waals surface area (Å²) in [6.07, 6.45) is 0. The highest BCUT2D eigenvalue weighted by molar-refractivity contribution is 5.36. The van der Waals surface area contributed by atoms with Crippen molar-refractivity contribution in [3.8, 4) is 5.75 Å². The molecule has 1 heterocycles. The van der Waals surface area contributed by atoms with Gasteiger partial charge in [0.05, 0.1) is 7.11 Å². The summed E-state index contributed by atoms with van der Waals surface area (Å²) >= 11 is 0. The van der Waals surface area contributed by atoms with E-state index in [0.29, 0.717) is 0 Å². The van der Waals surface area contributed by atoms with Crippen molar-refractivity contribution in [3.05, 3.63) is 29.6 Å². The maximum atomic E-state index is 13.3. The molecule has 17 heavy (non-hydrogen) atoms. The molecule has 3 nitrogen and oxygen atoms in total. The van der Waals surface area contributed by atoms with Gasteiger partial charge in [0.1, 0.15) is 11.6 Å². The molecule has 1 N–H and O–H groups in total. The van der Waals surface area contributed by atoms with Gasteiger partial charge in [0.15, 0.2) is 0 Å². The second-order valence-electron chi connectivity index (χ2n) is 4.35. The molecule has 0 aromatic heterocycles. The fraction of sp³-hybridized carbons (Fsp3) is 0.538. The topological polar surface area (TPSA) is 24.5 Å². The van der Waals surface area contributed by atoms with Crippen LogP contribution in [-0.2, 0) is 0 Å². The maximum absolute atomic E-state index is 13.3. The third-order valence-corrected chi connectivity index (χ3v) is 3.34. The van der Waals surface area contributed by atoms with E-state index in [-0.39, 0.29) is 11.9 Å². The standard InChI is InChI=1S/C13H19FN2O/c1-10(16-7-5-15-6-8-16)12-9-11(14)3-4-13(12)17-2/h3-4,9-10,15H,5-8H2,1-2H3. The molecule has 0 aliphatic carbocycles. The van der Waals surface area contributed by atoms with Gasteiger partial charge in [-0.05, 0) is 25.1 Å². The molecule has 0 spiro atoms. The zero-order valence-electron chi connectivity index (χ0n) is 10.4. The lowest BCUT2D eigenvalue weighted by Gasteiger charge is -2.33. The van der Waals surface area contributed by atoms with Crippen molar-refractivity contribution in [2.24, 2.45) is 0 Å². The predicted molar refractivity (Wildman–Crippen MR) is 65.8 cm³/mol. The van der Waals surface area contributed by atoms with Crippen LogP contribution in [0.1, 0.15) is 18.5 Å². The number of piperazine rings is 1. The molecule has 0 saturated carbocycles. The Morgan fingerprint density at radius 3 is 2.71 bits per heavy atom. The highest BCUT2D eigenvalue weighted by Gasteiger charge is 2.21. The highest BCUT2D eigenvalue weighted by atomic mass is 19.1. The monoisotopic (exact) mass is 238 g/mol. The quantitative estimate of drug-likeness (QED) is 0.869. The van der Waals surface area contributed by atoms with Crippen LogP contribution in [0, 0.1) is 5.82 Å². The molecule has 4 heteroatoms. The third-order valence-electron chi connectivity index (χ3n) is 3.34. The minimum Gasteiger partial charge on any atom is -0.496 e. The summed E-state index contributed by atoms with van der Waals surface area (Å²) in [6.45, 7) is 6.05. The molecule has 1 aromatic carbocycles. The molecule has 0 radical (unpaired) electrons. The van der Waals surface area contributed by atoms with Crippen LogP contribution < -0.4 is 10.1 Å². The Kier molecular flexibility index (Phi) is 3.97. The van der Waals surface area contributed by atoms with E-state index in [1.54, 1.807) is 19.2 Å². The van der Waals surface area contributed by atoms with Crippen LogP contribution in [0.4, 0.5) is 4.39 Å². The molecule has 1 unspecified atom stereocenters. The van der Waals surface area contributed by atoms with Gasteiger partial charge in [-0.3, -0.25) is 4.90 Å². The highest BCUT2D eigenvalue weighted by Crippen LogP contribution is 2.29. The lowest BCUT2D eigenvalue weighted by atomic mass is 10.0. The van der Waals surface area contributed by atoms with Gasteiger partial charge in [-0.15, -0.1) is 0 Å². The van der Waals surface area contributed by atoms with Gasteiger partial charge in [-0.2, -0.15) is 0 Å². The van der Waals surface area contributed by atoms with Gasteiger partial charge in [-0.25, -0.2) is 4.39 Å². The van der Waals surface area contributed by atoms with Crippen molar-refractivity contribution in [1.29, 1.82) is 0 Å². The molecule has 94 valence electrons. The molecular weight excluding hydrogens is 219 g/mol. The summed E-state index contributed by atoms with van der Waals surface area (Å²) in [5.74, 6) is 0.556. The Bertz CT molecular complexity index is 378. The Hall–Kier alpha value is -1.13. The molecule has 0 bridgehead atoms. The minimum atomic E-state index is -0.206. The lowest BCUT2D eigenvalue weighted by Crippen LogP contribution is -2.44. The van der Waals surface area contributed by atoms with Crippen molar-refractivity contribution < 1.29 is 9.13 Å². The predicted octanol–water partition coefficient (Wildman–Crippen LogP) is 1.80. The average molecular weight is 238 g/mol. The van der Waals surface area contributed by atoms with E-state index in [0.717, 1.165) is 37.5 Å². The van der Waals surface area contributed by atoms with Crippen molar-refractivity contribution in [1.82, 2.24) is 10.2 Å². The van der Waals surface area contributed by atoms with Gasteiger partial charge in [0.25, 0.3) is 0 Å². The van der Waals surface area contributed by atoms with E-state index >= 15 is 0 Å². The van der Waals surface area contributed by atoms with Gasteiger partial charge < -0.3 is 10.1 Å². The summed E-state index contributed by atoms with van der Waals surface area (Å²) in [5.41, 5.74) is 0.925. The molecule has 1 aromatic rings. The van der Waals surface area contributed by atoms with Crippen molar-refractivity contribution in [3.63, 3.8) is 0 Å². The minimum absolute atomic E-state index is 0.183. The number of nitrogens with zero attached hydrogens (tertiary/aromatic N) is 1. The molecule has 1 aliphatic rings. The van der Waals surface area contributed by atoms with E-state index in [1.165, 1.54) is 6.07 Å². The number of halogens is 1. The first-order valence-corrected chi connectivity index (χ1v) is 6.00. The van der Waals surface area contributed by atoms with Crippen molar-refractivity contribution in [2.75, 3.05) is 33.3 Å². The van der Waals surface area contributed by atoms with E-state index in [2.05, 4.69) is 17.1 Å². The fourth-order valence-corrected chi connectivity index (χ4v) is 2.30. The number of methoxy groups -OCH3 is 1. The zero-order chi connectivity index (χ0) is 12.3. The number of hydrogen-bond acceptors (Lipinski definition) is 3. The van der Waals surface area contributed by atoms with Crippen LogP contribution in [0.5, 0.6) is 5.75 Å². The van der Waals surface area contributed by atoms with E-state index in [9.17, 15) is 4.39 Å². The molecular formula is C13H19FN2O. The van der Waals surface area contributed by atoms with Crippen molar-refractivity contribution >= 4 is 0 Å². The maximum Gasteiger partial charge on any atom is 0.123 e. The molecule has 1 atom stereocenters. The number of ether oxygens (including phenoxy) is 1. The van der Waals surface area contributed by atoms with E-state index in [1.807, 2.05) is 0 Å². The van der Waals surface area contributed by atoms with Crippen LogP contribution in [-0.4, -0.2) is 38.2 Å². The van der Waals surface area contributed by atoms with Gasteiger partial charge in [0, 0.05) is 37.8 Å². The van der Waals surface area contributed by atoms with Crippen LogP contribution in [0.3, 0.4) is 0 Å². The van der Waals surface area contributed by atoms with Crippen LogP contribution in [0.25, 0.3) is 0 Å². The second kappa shape index (κ2) is 5.47. The Morgan fingerprint density at radius 2 is 2.06 bits per heavy atom. The van der Waals surface area contributed by atoms with Gasteiger partial charge in [-0.1, -0.05) is 0 Å².